The molecule has 8 nitrogen and oxygen atoms in total. The van der Waals surface area contributed by atoms with E-state index in [4.69, 9.17) is 18.9 Å². The number of esters is 2. The molecule has 0 saturated carbocycles. The Balaban J connectivity index is 2.02. The third-order valence-corrected chi connectivity index (χ3v) is 5.01. The van der Waals surface area contributed by atoms with Gasteiger partial charge in [0.25, 0.3) is 0 Å². The summed E-state index contributed by atoms with van der Waals surface area (Å²) in [6, 6.07) is 5.81. The van der Waals surface area contributed by atoms with Crippen LogP contribution >= 0.6 is 0 Å². The lowest BCUT2D eigenvalue weighted by atomic mass is 10.1. The second-order valence-corrected chi connectivity index (χ2v) is 6.62. The average Bonchev–Trinajstić information content (AvgIpc) is 2.77. The molecule has 2 heterocycles. The van der Waals surface area contributed by atoms with Gasteiger partial charge in [-0.2, -0.15) is 0 Å². The van der Waals surface area contributed by atoms with Gasteiger partial charge in [0.05, 0.1) is 39.2 Å². The van der Waals surface area contributed by atoms with E-state index in [0.717, 1.165) is 18.8 Å². The Morgan fingerprint density at radius 2 is 1.71 bits per heavy atom. The van der Waals surface area contributed by atoms with Crippen molar-refractivity contribution in [2.75, 3.05) is 57.6 Å². The molecule has 1 aromatic rings. The van der Waals surface area contributed by atoms with Gasteiger partial charge in [-0.05, 0) is 31.4 Å². The van der Waals surface area contributed by atoms with Crippen molar-refractivity contribution in [3.05, 3.63) is 29.5 Å². The van der Waals surface area contributed by atoms with Crippen molar-refractivity contribution in [1.82, 2.24) is 0 Å². The zero-order valence-electron chi connectivity index (χ0n) is 16.5. The molecule has 0 aromatic heterocycles. The van der Waals surface area contributed by atoms with Gasteiger partial charge in [-0.3, -0.25) is 0 Å². The van der Waals surface area contributed by atoms with E-state index < -0.39 is 11.9 Å². The van der Waals surface area contributed by atoms with Gasteiger partial charge >= 0.3 is 11.9 Å². The number of ether oxygens (including phenoxy) is 4. The Labute approximate surface area is 164 Å². The van der Waals surface area contributed by atoms with Crippen molar-refractivity contribution in [3.63, 3.8) is 0 Å². The second-order valence-electron chi connectivity index (χ2n) is 6.62. The number of hydrogen-bond acceptors (Lipinski definition) is 8. The highest BCUT2D eigenvalue weighted by molar-refractivity contribution is 6.03. The number of benzene rings is 1. The molecule has 0 amide bonds. The fraction of sp³-hybridized carbons (Fsp3) is 0.500. The van der Waals surface area contributed by atoms with Gasteiger partial charge in [0, 0.05) is 24.8 Å². The summed E-state index contributed by atoms with van der Waals surface area (Å²) in [5, 5.41) is 0. The molecule has 152 valence electrons. The number of piperidine rings is 1. The molecule has 28 heavy (non-hydrogen) atoms. The Morgan fingerprint density at radius 3 is 2.36 bits per heavy atom. The van der Waals surface area contributed by atoms with Gasteiger partial charge in [0.1, 0.15) is 18.2 Å². The standard InChI is InChI=1S/C20H26N2O6/c1-25-17-11-14(21-9-5-4-6-10-21)7-8-16(17)22-13-28-12-15(19(23)26-2)18(22)20(24)27-3/h7-8,11H,4-6,9-10,12-13H2,1-3H3. The zero-order valence-corrected chi connectivity index (χ0v) is 16.5. The van der Waals surface area contributed by atoms with Crippen molar-refractivity contribution in [1.29, 1.82) is 0 Å². The van der Waals surface area contributed by atoms with E-state index in [-0.39, 0.29) is 24.6 Å². The molecule has 2 aliphatic heterocycles. The van der Waals surface area contributed by atoms with E-state index in [9.17, 15) is 9.59 Å². The van der Waals surface area contributed by atoms with E-state index >= 15 is 0 Å². The highest BCUT2D eigenvalue weighted by Crippen LogP contribution is 2.37. The molecule has 1 aromatic carbocycles. The number of carbonyl (C=O) groups is 2. The van der Waals surface area contributed by atoms with Crippen molar-refractivity contribution in [3.8, 4) is 5.75 Å². The van der Waals surface area contributed by atoms with Crippen molar-refractivity contribution >= 4 is 23.3 Å². The number of rotatable bonds is 5. The molecular weight excluding hydrogens is 364 g/mol. The number of methoxy groups -OCH3 is 3. The monoisotopic (exact) mass is 390 g/mol. The van der Waals surface area contributed by atoms with E-state index in [2.05, 4.69) is 4.90 Å². The normalized spacial score (nSPS) is 17.4. The van der Waals surface area contributed by atoms with Crippen LogP contribution in [0, 0.1) is 0 Å². The van der Waals surface area contributed by atoms with Crippen molar-refractivity contribution in [2.45, 2.75) is 19.3 Å². The molecule has 1 fully saturated rings. The Morgan fingerprint density at radius 1 is 1.00 bits per heavy atom. The third-order valence-electron chi connectivity index (χ3n) is 5.01. The minimum atomic E-state index is -0.633. The average molecular weight is 390 g/mol. The summed E-state index contributed by atoms with van der Waals surface area (Å²) in [7, 11) is 4.11. The minimum absolute atomic E-state index is 0.0260. The fourth-order valence-electron chi connectivity index (χ4n) is 3.57. The first-order valence-corrected chi connectivity index (χ1v) is 9.28. The first kappa shape index (κ1) is 20.0. The largest absolute Gasteiger partial charge is 0.494 e. The van der Waals surface area contributed by atoms with Crippen molar-refractivity contribution < 1.29 is 28.5 Å². The summed E-state index contributed by atoms with van der Waals surface area (Å²) in [5.74, 6) is -0.681. The van der Waals surface area contributed by atoms with Crippen LogP contribution in [0.15, 0.2) is 29.5 Å². The summed E-state index contributed by atoms with van der Waals surface area (Å²) in [4.78, 5) is 28.5. The number of anilines is 2. The van der Waals surface area contributed by atoms with Crippen LogP contribution in [-0.4, -0.2) is 59.7 Å². The highest BCUT2D eigenvalue weighted by atomic mass is 16.5. The SMILES string of the molecule is COC(=O)C1=C(C(=O)OC)N(c2ccc(N3CCCCC3)cc2OC)COC1. The van der Waals surface area contributed by atoms with E-state index in [1.54, 1.807) is 12.0 Å². The highest BCUT2D eigenvalue weighted by Gasteiger charge is 2.33. The lowest BCUT2D eigenvalue weighted by molar-refractivity contribution is -0.140. The van der Waals surface area contributed by atoms with Gasteiger partial charge in [-0.25, -0.2) is 9.59 Å². The maximum Gasteiger partial charge on any atom is 0.355 e. The predicted molar refractivity (Wildman–Crippen MR) is 103 cm³/mol. The van der Waals surface area contributed by atoms with Crippen LogP contribution in [0.1, 0.15) is 19.3 Å². The molecule has 0 atom stereocenters. The molecule has 0 bridgehead atoms. The smallest absolute Gasteiger partial charge is 0.355 e. The van der Waals surface area contributed by atoms with E-state index in [0.29, 0.717) is 11.4 Å². The topological polar surface area (TPSA) is 77.5 Å². The van der Waals surface area contributed by atoms with Crippen LogP contribution in [0.3, 0.4) is 0 Å². The molecule has 0 radical (unpaired) electrons. The van der Waals surface area contributed by atoms with E-state index in [1.165, 1.54) is 33.5 Å². The maximum atomic E-state index is 12.5. The summed E-state index contributed by atoms with van der Waals surface area (Å²) < 4.78 is 20.8. The summed E-state index contributed by atoms with van der Waals surface area (Å²) in [5.41, 5.74) is 1.90. The Hall–Kier alpha value is -2.74. The molecule has 0 aliphatic carbocycles. The third kappa shape index (κ3) is 3.91. The Bertz CT molecular complexity index is 770. The first-order valence-electron chi connectivity index (χ1n) is 9.28. The van der Waals surface area contributed by atoms with Gasteiger partial charge in [0.2, 0.25) is 0 Å². The quantitative estimate of drug-likeness (QED) is 0.708. The molecule has 8 heteroatoms. The van der Waals surface area contributed by atoms with Gasteiger partial charge in [0.15, 0.2) is 0 Å². The van der Waals surface area contributed by atoms with Crippen LogP contribution < -0.4 is 14.5 Å². The molecule has 0 N–H and O–H groups in total. The van der Waals surface area contributed by atoms with Crippen LogP contribution in [0.2, 0.25) is 0 Å². The Kier molecular flexibility index (Phi) is 6.41. The van der Waals surface area contributed by atoms with Gasteiger partial charge in [-0.15, -0.1) is 0 Å². The summed E-state index contributed by atoms with van der Waals surface area (Å²) >= 11 is 0. The molecule has 2 aliphatic rings. The fourth-order valence-corrected chi connectivity index (χ4v) is 3.57. The lowest BCUT2D eigenvalue weighted by Crippen LogP contribution is -2.39. The van der Waals surface area contributed by atoms with Crippen LogP contribution in [-0.2, 0) is 23.8 Å². The molecule has 3 rings (SSSR count). The first-order chi connectivity index (χ1) is 13.6. The minimum Gasteiger partial charge on any atom is -0.494 e. The van der Waals surface area contributed by atoms with Crippen LogP contribution in [0.5, 0.6) is 5.75 Å². The summed E-state index contributed by atoms with van der Waals surface area (Å²) in [6.07, 6.45) is 3.59. The maximum absolute atomic E-state index is 12.5. The second kappa shape index (κ2) is 8.97. The van der Waals surface area contributed by atoms with Crippen LogP contribution in [0.25, 0.3) is 0 Å². The molecule has 0 spiro atoms. The predicted octanol–water partition coefficient (Wildman–Crippen LogP) is 2.08. The lowest BCUT2D eigenvalue weighted by Gasteiger charge is -2.33. The molecule has 1 saturated heterocycles. The molecule has 0 unspecified atom stereocenters. The number of nitrogens with zero attached hydrogens (tertiary/aromatic N) is 2. The van der Waals surface area contributed by atoms with Gasteiger partial charge in [-0.1, -0.05) is 0 Å². The summed E-state index contributed by atoms with van der Waals surface area (Å²) in [6.45, 7) is 2.08. The van der Waals surface area contributed by atoms with Crippen LogP contribution in [0.4, 0.5) is 11.4 Å². The van der Waals surface area contributed by atoms with E-state index in [1.807, 2.05) is 18.2 Å². The molecular formula is C20H26N2O6. The number of hydrogen-bond donors (Lipinski definition) is 0. The van der Waals surface area contributed by atoms with Gasteiger partial charge < -0.3 is 28.7 Å². The zero-order chi connectivity index (χ0) is 20.1. The van der Waals surface area contributed by atoms with Crippen molar-refractivity contribution in [2.24, 2.45) is 0 Å². The number of carbonyl (C=O) groups excluding carboxylic acids is 2.